The summed E-state index contributed by atoms with van der Waals surface area (Å²) in [6.07, 6.45) is 1.65. The van der Waals surface area contributed by atoms with Gasteiger partial charge in [-0.1, -0.05) is 30.3 Å². The number of hydrogen-bond donors (Lipinski definition) is 1. The minimum atomic E-state index is -3.56. The maximum atomic E-state index is 12.5. The molecule has 3 rings (SSSR count). The van der Waals surface area contributed by atoms with E-state index in [1.54, 1.807) is 11.4 Å². The Morgan fingerprint density at radius 1 is 1.20 bits per heavy atom. The number of ether oxygens (including phenoxy) is 1. The van der Waals surface area contributed by atoms with E-state index in [2.05, 4.69) is 4.72 Å². The molecule has 0 saturated heterocycles. The normalized spacial score (nSPS) is 16.9. The molecule has 0 radical (unpaired) electrons. The van der Waals surface area contributed by atoms with Crippen LogP contribution in [0.4, 0.5) is 0 Å². The summed E-state index contributed by atoms with van der Waals surface area (Å²) < 4.78 is 33.2. The Hall–Kier alpha value is -1.37. The van der Waals surface area contributed by atoms with Crippen molar-refractivity contribution in [2.45, 2.75) is 22.6 Å². The van der Waals surface area contributed by atoms with Crippen molar-refractivity contribution in [1.29, 1.82) is 0 Å². The van der Waals surface area contributed by atoms with Gasteiger partial charge in [-0.3, -0.25) is 0 Å². The summed E-state index contributed by atoms with van der Waals surface area (Å²) in [5, 5.41) is 1.72. The van der Waals surface area contributed by atoms with Gasteiger partial charge in [0.15, 0.2) is 4.21 Å². The molecule has 1 fully saturated rings. The highest BCUT2D eigenvalue weighted by atomic mass is 32.2. The van der Waals surface area contributed by atoms with Crippen LogP contribution in [0.25, 0.3) is 0 Å². The van der Waals surface area contributed by atoms with Gasteiger partial charge in [-0.05, 0) is 29.9 Å². The Morgan fingerprint density at radius 2 is 1.90 bits per heavy atom. The number of methoxy groups -OCH3 is 1. The van der Waals surface area contributed by atoms with Crippen molar-refractivity contribution in [3.63, 3.8) is 0 Å². The van der Waals surface area contributed by atoms with Crippen LogP contribution < -0.4 is 9.46 Å². The van der Waals surface area contributed by atoms with Gasteiger partial charge in [-0.15, -0.1) is 11.3 Å². The average Bonchev–Trinajstić information content (AvgIpc) is 3.05. The van der Waals surface area contributed by atoms with Gasteiger partial charge in [-0.2, -0.15) is 4.72 Å². The van der Waals surface area contributed by atoms with Crippen LogP contribution in [-0.4, -0.2) is 15.5 Å². The molecular formula is C14H15NO3S2. The summed E-state index contributed by atoms with van der Waals surface area (Å²) in [6.45, 7) is 0. The van der Waals surface area contributed by atoms with Crippen LogP contribution in [0.2, 0.25) is 0 Å². The van der Waals surface area contributed by atoms with Crippen LogP contribution in [0.5, 0.6) is 5.75 Å². The zero-order valence-corrected chi connectivity index (χ0v) is 12.6. The van der Waals surface area contributed by atoms with Gasteiger partial charge in [0.25, 0.3) is 10.0 Å². The molecule has 20 heavy (non-hydrogen) atoms. The summed E-state index contributed by atoms with van der Waals surface area (Å²) in [6, 6.07) is 11.4. The van der Waals surface area contributed by atoms with Crippen molar-refractivity contribution in [3.05, 3.63) is 47.3 Å². The van der Waals surface area contributed by atoms with Crippen LogP contribution >= 0.6 is 11.3 Å². The third kappa shape index (κ3) is 2.34. The molecule has 1 aliphatic carbocycles. The van der Waals surface area contributed by atoms with Crippen LogP contribution in [0.1, 0.15) is 18.4 Å². The lowest BCUT2D eigenvalue weighted by atomic mass is 10.1. The highest BCUT2D eigenvalue weighted by Crippen LogP contribution is 2.47. The Morgan fingerprint density at radius 3 is 2.50 bits per heavy atom. The van der Waals surface area contributed by atoms with E-state index in [1.807, 2.05) is 30.3 Å². The zero-order chi connectivity index (χ0) is 14.2. The SMILES string of the molecule is COc1ccsc1S(=O)(=O)NC1(c2ccccc2)CC1. The molecule has 0 atom stereocenters. The molecule has 0 spiro atoms. The number of rotatable bonds is 5. The van der Waals surface area contributed by atoms with Gasteiger partial charge in [0.05, 0.1) is 12.6 Å². The third-order valence-corrected chi connectivity index (χ3v) is 6.45. The van der Waals surface area contributed by atoms with Crippen molar-refractivity contribution in [3.8, 4) is 5.75 Å². The van der Waals surface area contributed by atoms with E-state index in [0.717, 1.165) is 18.4 Å². The van der Waals surface area contributed by atoms with E-state index in [0.29, 0.717) is 5.75 Å². The summed E-state index contributed by atoms with van der Waals surface area (Å²) in [5.74, 6) is 0.395. The molecule has 1 saturated carbocycles. The van der Waals surface area contributed by atoms with E-state index in [9.17, 15) is 8.42 Å². The first-order valence-electron chi connectivity index (χ1n) is 6.28. The van der Waals surface area contributed by atoms with Gasteiger partial charge >= 0.3 is 0 Å². The summed E-state index contributed by atoms with van der Waals surface area (Å²) >= 11 is 1.17. The van der Waals surface area contributed by atoms with Crippen molar-refractivity contribution >= 4 is 21.4 Å². The molecule has 0 aliphatic heterocycles. The largest absolute Gasteiger partial charge is 0.494 e. The maximum Gasteiger partial charge on any atom is 0.254 e. The predicted molar refractivity (Wildman–Crippen MR) is 78.5 cm³/mol. The van der Waals surface area contributed by atoms with Gasteiger partial charge in [-0.25, -0.2) is 8.42 Å². The summed E-state index contributed by atoms with van der Waals surface area (Å²) in [5.41, 5.74) is 0.564. The molecule has 4 nitrogen and oxygen atoms in total. The Balaban J connectivity index is 1.91. The molecule has 0 unspecified atom stereocenters. The van der Waals surface area contributed by atoms with Crippen LogP contribution in [-0.2, 0) is 15.6 Å². The molecule has 1 N–H and O–H groups in total. The number of hydrogen-bond acceptors (Lipinski definition) is 4. The Bertz CT molecular complexity index is 703. The second-order valence-electron chi connectivity index (χ2n) is 4.83. The number of nitrogens with one attached hydrogen (secondary N) is 1. The van der Waals surface area contributed by atoms with Crippen molar-refractivity contribution in [2.24, 2.45) is 0 Å². The van der Waals surface area contributed by atoms with E-state index < -0.39 is 15.6 Å². The number of sulfonamides is 1. The molecule has 1 aliphatic rings. The Labute approximate surface area is 122 Å². The van der Waals surface area contributed by atoms with Gasteiger partial charge in [0.1, 0.15) is 5.75 Å². The Kier molecular flexibility index (Phi) is 3.32. The summed E-state index contributed by atoms with van der Waals surface area (Å²) in [4.78, 5) is 0. The summed E-state index contributed by atoms with van der Waals surface area (Å²) in [7, 11) is -2.08. The van der Waals surface area contributed by atoms with Crippen molar-refractivity contribution < 1.29 is 13.2 Å². The van der Waals surface area contributed by atoms with E-state index >= 15 is 0 Å². The fraction of sp³-hybridized carbons (Fsp3) is 0.286. The molecule has 1 heterocycles. The first-order valence-corrected chi connectivity index (χ1v) is 8.65. The van der Waals surface area contributed by atoms with Gasteiger partial charge < -0.3 is 4.74 Å². The zero-order valence-electron chi connectivity index (χ0n) is 11.0. The fourth-order valence-electron chi connectivity index (χ4n) is 2.27. The minimum absolute atomic E-state index is 0.238. The molecule has 1 aromatic heterocycles. The smallest absolute Gasteiger partial charge is 0.254 e. The third-order valence-electron chi connectivity index (χ3n) is 3.47. The van der Waals surface area contributed by atoms with E-state index in [-0.39, 0.29) is 4.21 Å². The minimum Gasteiger partial charge on any atom is -0.494 e. The van der Waals surface area contributed by atoms with E-state index in [1.165, 1.54) is 18.4 Å². The van der Waals surface area contributed by atoms with Crippen LogP contribution in [0, 0.1) is 0 Å². The fourth-order valence-corrected chi connectivity index (χ4v) is 4.99. The quantitative estimate of drug-likeness (QED) is 0.924. The monoisotopic (exact) mass is 309 g/mol. The average molecular weight is 309 g/mol. The maximum absolute atomic E-state index is 12.5. The molecule has 0 amide bonds. The van der Waals surface area contributed by atoms with Crippen molar-refractivity contribution in [1.82, 2.24) is 4.72 Å². The molecule has 6 heteroatoms. The molecular weight excluding hydrogens is 294 g/mol. The number of thiophene rings is 1. The first-order chi connectivity index (χ1) is 9.57. The first kappa shape index (κ1) is 13.6. The molecule has 0 bridgehead atoms. The highest BCUT2D eigenvalue weighted by Gasteiger charge is 2.48. The van der Waals surface area contributed by atoms with Crippen LogP contribution in [0.3, 0.4) is 0 Å². The number of benzene rings is 1. The lowest BCUT2D eigenvalue weighted by Crippen LogP contribution is -2.34. The second kappa shape index (κ2) is 4.87. The standard InChI is InChI=1S/C14H15NO3S2/c1-18-12-7-10-19-13(12)20(16,17)15-14(8-9-14)11-5-3-2-4-6-11/h2-7,10,15H,8-9H2,1H3. The topological polar surface area (TPSA) is 55.4 Å². The highest BCUT2D eigenvalue weighted by molar-refractivity contribution is 7.91. The second-order valence-corrected chi connectivity index (χ2v) is 7.62. The van der Waals surface area contributed by atoms with Crippen LogP contribution in [0.15, 0.2) is 46.0 Å². The van der Waals surface area contributed by atoms with E-state index in [4.69, 9.17) is 4.74 Å². The lowest BCUT2D eigenvalue weighted by Gasteiger charge is -2.17. The molecule has 1 aromatic carbocycles. The predicted octanol–water partition coefficient (Wildman–Crippen LogP) is 2.72. The molecule has 2 aromatic rings. The van der Waals surface area contributed by atoms with Gasteiger partial charge in [0, 0.05) is 0 Å². The van der Waals surface area contributed by atoms with Gasteiger partial charge in [0.2, 0.25) is 0 Å². The van der Waals surface area contributed by atoms with Crippen molar-refractivity contribution in [2.75, 3.05) is 7.11 Å². The lowest BCUT2D eigenvalue weighted by molar-refractivity contribution is 0.406. The molecule has 106 valence electrons.